The number of hydrogen-bond acceptors (Lipinski definition) is 2. The molecule has 0 fully saturated rings. The van der Waals surface area contributed by atoms with E-state index in [1.54, 1.807) is 6.08 Å². The van der Waals surface area contributed by atoms with Gasteiger partial charge in [-0.3, -0.25) is 4.79 Å². The van der Waals surface area contributed by atoms with E-state index in [2.05, 4.69) is 5.32 Å². The van der Waals surface area contributed by atoms with Crippen LogP contribution in [0.4, 0.5) is 0 Å². The molecule has 0 bridgehead atoms. The molecule has 0 unspecified atom stereocenters. The van der Waals surface area contributed by atoms with E-state index in [1.807, 2.05) is 38.9 Å². The van der Waals surface area contributed by atoms with E-state index in [-0.39, 0.29) is 11.9 Å². The fraction of sp³-hybridized carbons (Fsp3) is 0.667. The summed E-state index contributed by atoms with van der Waals surface area (Å²) >= 11 is 0. The lowest BCUT2D eigenvalue weighted by atomic mass is 10.3. The minimum Gasteiger partial charge on any atom is -0.350 e. The molecule has 70 valence electrons. The maximum Gasteiger partial charge on any atom is 0.243 e. The molecule has 0 aromatic rings. The summed E-state index contributed by atoms with van der Waals surface area (Å²) in [6, 6.07) is 0.210. The maximum absolute atomic E-state index is 11.0. The first-order valence-electron chi connectivity index (χ1n) is 4.14. The van der Waals surface area contributed by atoms with Crippen LogP contribution >= 0.6 is 0 Å². The number of nitrogens with one attached hydrogen (secondary N) is 1. The number of hydrogen-bond donors (Lipinski definition) is 1. The summed E-state index contributed by atoms with van der Waals surface area (Å²) in [5.41, 5.74) is 0. The second-order valence-corrected chi connectivity index (χ2v) is 3.33. The Hall–Kier alpha value is -0.830. The van der Waals surface area contributed by atoms with Gasteiger partial charge in [-0.15, -0.1) is 0 Å². The van der Waals surface area contributed by atoms with Gasteiger partial charge in [0.15, 0.2) is 0 Å². The molecule has 0 atom stereocenters. The molecule has 0 saturated heterocycles. The van der Waals surface area contributed by atoms with Crippen molar-refractivity contribution in [2.24, 2.45) is 0 Å². The van der Waals surface area contributed by atoms with E-state index in [0.29, 0.717) is 0 Å². The highest BCUT2D eigenvalue weighted by atomic mass is 16.1. The Bertz CT molecular complexity index is 162. The molecule has 0 aromatic heterocycles. The van der Waals surface area contributed by atoms with Gasteiger partial charge >= 0.3 is 0 Å². The van der Waals surface area contributed by atoms with Crippen LogP contribution in [0.5, 0.6) is 0 Å². The molecule has 12 heavy (non-hydrogen) atoms. The highest BCUT2D eigenvalue weighted by Crippen LogP contribution is 1.81. The van der Waals surface area contributed by atoms with Crippen LogP contribution in [-0.4, -0.2) is 37.5 Å². The standard InChI is InChI=1S/C9H18N2O/c1-8(2)10-9(12)6-5-7-11(3)4/h5-6,8H,7H2,1-4H3,(H,10,12)/b6-5+. The maximum atomic E-state index is 11.0. The second kappa shape index (κ2) is 5.77. The predicted molar refractivity (Wildman–Crippen MR) is 51.0 cm³/mol. The lowest BCUT2D eigenvalue weighted by Gasteiger charge is -2.05. The number of carbonyl (C=O) groups excluding carboxylic acids is 1. The lowest BCUT2D eigenvalue weighted by molar-refractivity contribution is -0.116. The van der Waals surface area contributed by atoms with Crippen LogP contribution in [0.2, 0.25) is 0 Å². The van der Waals surface area contributed by atoms with Crippen LogP contribution in [-0.2, 0) is 4.79 Å². The van der Waals surface area contributed by atoms with E-state index in [4.69, 9.17) is 0 Å². The smallest absolute Gasteiger partial charge is 0.243 e. The molecule has 0 radical (unpaired) electrons. The zero-order valence-corrected chi connectivity index (χ0v) is 8.29. The number of nitrogens with zero attached hydrogens (tertiary/aromatic N) is 1. The predicted octanol–water partition coefficient (Wildman–Crippen LogP) is 0.629. The highest BCUT2D eigenvalue weighted by molar-refractivity contribution is 5.87. The molecular formula is C9H18N2O. The van der Waals surface area contributed by atoms with Gasteiger partial charge in [0.1, 0.15) is 0 Å². The van der Waals surface area contributed by atoms with Crippen LogP contribution < -0.4 is 5.32 Å². The second-order valence-electron chi connectivity index (χ2n) is 3.33. The molecule has 0 heterocycles. The minimum atomic E-state index is -0.0214. The fourth-order valence-corrected chi connectivity index (χ4v) is 0.703. The molecule has 0 spiro atoms. The Morgan fingerprint density at radius 2 is 2.08 bits per heavy atom. The molecular weight excluding hydrogens is 152 g/mol. The summed E-state index contributed by atoms with van der Waals surface area (Å²) in [5, 5.41) is 2.77. The number of rotatable bonds is 4. The van der Waals surface area contributed by atoms with E-state index >= 15 is 0 Å². The summed E-state index contributed by atoms with van der Waals surface area (Å²) in [7, 11) is 3.93. The highest BCUT2D eigenvalue weighted by Gasteiger charge is 1.96. The number of amides is 1. The Labute approximate surface area is 74.4 Å². The third kappa shape index (κ3) is 7.28. The molecule has 0 aliphatic carbocycles. The topological polar surface area (TPSA) is 32.3 Å². The molecule has 0 rings (SSSR count). The molecule has 0 aromatic carbocycles. The zero-order chi connectivity index (χ0) is 9.56. The van der Waals surface area contributed by atoms with Crippen molar-refractivity contribution in [2.75, 3.05) is 20.6 Å². The molecule has 1 N–H and O–H groups in total. The third-order valence-corrected chi connectivity index (χ3v) is 1.17. The third-order valence-electron chi connectivity index (χ3n) is 1.17. The van der Waals surface area contributed by atoms with Gasteiger partial charge in [-0.05, 0) is 27.9 Å². The average molecular weight is 170 g/mol. The van der Waals surface area contributed by atoms with Crippen LogP contribution in [0.25, 0.3) is 0 Å². The van der Waals surface area contributed by atoms with Crippen LogP contribution in [0.1, 0.15) is 13.8 Å². The summed E-state index contributed by atoms with van der Waals surface area (Å²) in [4.78, 5) is 13.0. The monoisotopic (exact) mass is 170 g/mol. The average Bonchev–Trinajstić information content (AvgIpc) is 1.84. The molecule has 3 heteroatoms. The van der Waals surface area contributed by atoms with Crippen molar-refractivity contribution in [3.63, 3.8) is 0 Å². The summed E-state index contributed by atoms with van der Waals surface area (Å²) in [6.07, 6.45) is 3.41. The van der Waals surface area contributed by atoms with Crippen LogP contribution in [0, 0.1) is 0 Å². The van der Waals surface area contributed by atoms with Gasteiger partial charge < -0.3 is 10.2 Å². The van der Waals surface area contributed by atoms with Gasteiger partial charge in [-0.25, -0.2) is 0 Å². The van der Waals surface area contributed by atoms with Gasteiger partial charge in [0, 0.05) is 18.7 Å². The van der Waals surface area contributed by atoms with Crippen molar-refractivity contribution in [1.29, 1.82) is 0 Å². The first-order valence-corrected chi connectivity index (χ1v) is 4.14. The Balaban J connectivity index is 3.61. The molecule has 3 nitrogen and oxygen atoms in total. The first kappa shape index (κ1) is 11.2. The summed E-state index contributed by atoms with van der Waals surface area (Å²) in [6.45, 7) is 4.68. The molecule has 0 aliphatic rings. The van der Waals surface area contributed by atoms with Gasteiger partial charge in [-0.2, -0.15) is 0 Å². The van der Waals surface area contributed by atoms with Crippen molar-refractivity contribution < 1.29 is 4.79 Å². The SMILES string of the molecule is CC(C)NC(=O)/C=C/CN(C)C. The normalized spacial score (nSPS) is 11.5. The zero-order valence-electron chi connectivity index (χ0n) is 8.29. The molecule has 0 saturated carbocycles. The van der Waals surface area contributed by atoms with E-state index in [0.717, 1.165) is 6.54 Å². The van der Waals surface area contributed by atoms with E-state index < -0.39 is 0 Å². The number of carbonyl (C=O) groups is 1. The van der Waals surface area contributed by atoms with Crippen LogP contribution in [0.15, 0.2) is 12.2 Å². The first-order chi connectivity index (χ1) is 5.52. The van der Waals surface area contributed by atoms with E-state index in [1.165, 1.54) is 0 Å². The van der Waals surface area contributed by atoms with Crippen molar-refractivity contribution in [1.82, 2.24) is 10.2 Å². The van der Waals surface area contributed by atoms with Crippen molar-refractivity contribution in [3.05, 3.63) is 12.2 Å². The van der Waals surface area contributed by atoms with E-state index in [9.17, 15) is 4.79 Å². The Kier molecular flexibility index (Phi) is 5.37. The largest absolute Gasteiger partial charge is 0.350 e. The molecule has 1 amide bonds. The fourth-order valence-electron chi connectivity index (χ4n) is 0.703. The van der Waals surface area contributed by atoms with Gasteiger partial charge in [0.25, 0.3) is 0 Å². The van der Waals surface area contributed by atoms with Crippen molar-refractivity contribution in [2.45, 2.75) is 19.9 Å². The quantitative estimate of drug-likeness (QED) is 0.628. The number of likely N-dealkylation sites (N-methyl/N-ethyl adjacent to an activating group) is 1. The Morgan fingerprint density at radius 3 is 2.50 bits per heavy atom. The minimum absolute atomic E-state index is 0.0214. The summed E-state index contributed by atoms with van der Waals surface area (Å²) < 4.78 is 0. The van der Waals surface area contributed by atoms with Crippen molar-refractivity contribution >= 4 is 5.91 Å². The van der Waals surface area contributed by atoms with Gasteiger partial charge in [0.05, 0.1) is 0 Å². The van der Waals surface area contributed by atoms with Crippen LogP contribution in [0.3, 0.4) is 0 Å². The van der Waals surface area contributed by atoms with Gasteiger partial charge in [-0.1, -0.05) is 6.08 Å². The summed E-state index contributed by atoms with van der Waals surface area (Å²) in [5.74, 6) is -0.0214. The lowest BCUT2D eigenvalue weighted by Crippen LogP contribution is -2.28. The molecule has 0 aliphatic heterocycles. The van der Waals surface area contributed by atoms with Gasteiger partial charge in [0.2, 0.25) is 5.91 Å². The van der Waals surface area contributed by atoms with Crippen molar-refractivity contribution in [3.8, 4) is 0 Å². The Morgan fingerprint density at radius 1 is 1.50 bits per heavy atom.